The summed E-state index contributed by atoms with van der Waals surface area (Å²) in [6.45, 7) is 3.04. The van der Waals surface area contributed by atoms with Crippen LogP contribution in [0.5, 0.6) is 0 Å². The summed E-state index contributed by atoms with van der Waals surface area (Å²) in [5, 5.41) is 0. The molecule has 1 aliphatic heterocycles. The standard InChI is InChI=1S/C11H15NO/c1-9-8-11(4-7-13-9)10-2-5-12-6-3-10/h2-3,5-6,9,11H,4,7-8H2,1H3/t9-,11+/m1/s1. The molecule has 0 saturated carbocycles. The largest absolute Gasteiger partial charge is 0.378 e. The molecule has 0 spiro atoms. The van der Waals surface area contributed by atoms with Crippen molar-refractivity contribution in [1.82, 2.24) is 4.98 Å². The Morgan fingerprint density at radius 2 is 2.15 bits per heavy atom. The first-order chi connectivity index (χ1) is 6.36. The van der Waals surface area contributed by atoms with E-state index in [9.17, 15) is 0 Å². The lowest BCUT2D eigenvalue weighted by Gasteiger charge is -2.27. The minimum Gasteiger partial charge on any atom is -0.378 e. The zero-order valence-electron chi connectivity index (χ0n) is 7.94. The monoisotopic (exact) mass is 177 g/mol. The average molecular weight is 177 g/mol. The summed E-state index contributed by atoms with van der Waals surface area (Å²) < 4.78 is 5.51. The molecule has 1 aromatic heterocycles. The van der Waals surface area contributed by atoms with Crippen LogP contribution in [0.25, 0.3) is 0 Å². The molecule has 1 saturated heterocycles. The fourth-order valence-corrected chi connectivity index (χ4v) is 1.94. The van der Waals surface area contributed by atoms with Crippen LogP contribution in [-0.4, -0.2) is 17.7 Å². The Labute approximate surface area is 78.9 Å². The number of nitrogens with zero attached hydrogens (tertiary/aromatic N) is 1. The Kier molecular flexibility index (Phi) is 2.60. The first kappa shape index (κ1) is 8.70. The van der Waals surface area contributed by atoms with Gasteiger partial charge in [-0.05, 0) is 43.4 Å². The normalized spacial score (nSPS) is 28.7. The van der Waals surface area contributed by atoms with Crippen LogP contribution in [0.1, 0.15) is 31.2 Å². The third kappa shape index (κ3) is 2.07. The molecule has 2 heteroatoms. The molecule has 2 atom stereocenters. The Morgan fingerprint density at radius 1 is 1.38 bits per heavy atom. The fourth-order valence-electron chi connectivity index (χ4n) is 1.94. The third-order valence-electron chi connectivity index (χ3n) is 2.66. The van der Waals surface area contributed by atoms with Gasteiger partial charge >= 0.3 is 0 Å². The second kappa shape index (κ2) is 3.88. The van der Waals surface area contributed by atoms with Crippen LogP contribution >= 0.6 is 0 Å². The molecule has 70 valence electrons. The predicted octanol–water partition coefficient (Wildman–Crippen LogP) is 2.36. The summed E-state index contributed by atoms with van der Waals surface area (Å²) in [5.74, 6) is 0.673. The molecule has 1 aromatic rings. The summed E-state index contributed by atoms with van der Waals surface area (Å²) in [5.41, 5.74) is 1.41. The van der Waals surface area contributed by atoms with Crippen molar-refractivity contribution in [3.63, 3.8) is 0 Å². The van der Waals surface area contributed by atoms with Gasteiger partial charge in [-0.3, -0.25) is 4.98 Å². The Bertz CT molecular complexity index is 260. The van der Waals surface area contributed by atoms with E-state index >= 15 is 0 Å². The van der Waals surface area contributed by atoms with E-state index in [1.165, 1.54) is 5.56 Å². The smallest absolute Gasteiger partial charge is 0.0552 e. The average Bonchev–Trinajstić information content (AvgIpc) is 2.19. The van der Waals surface area contributed by atoms with Crippen molar-refractivity contribution < 1.29 is 4.74 Å². The maximum atomic E-state index is 5.51. The molecule has 0 aromatic carbocycles. The SMILES string of the molecule is C[C@@H]1C[C@@H](c2ccncc2)CCO1. The second-order valence-electron chi connectivity index (χ2n) is 3.68. The van der Waals surface area contributed by atoms with E-state index in [2.05, 4.69) is 24.0 Å². The lowest BCUT2D eigenvalue weighted by atomic mass is 9.90. The number of aromatic nitrogens is 1. The summed E-state index contributed by atoms with van der Waals surface area (Å²) >= 11 is 0. The highest BCUT2D eigenvalue weighted by molar-refractivity contribution is 5.16. The quantitative estimate of drug-likeness (QED) is 0.657. The Balaban J connectivity index is 2.08. The zero-order valence-corrected chi connectivity index (χ0v) is 7.94. The highest BCUT2D eigenvalue weighted by Gasteiger charge is 2.20. The molecular weight excluding hydrogens is 162 g/mol. The van der Waals surface area contributed by atoms with Crippen molar-refractivity contribution in [3.8, 4) is 0 Å². The van der Waals surface area contributed by atoms with Gasteiger partial charge in [0, 0.05) is 19.0 Å². The van der Waals surface area contributed by atoms with Crippen LogP contribution in [0.4, 0.5) is 0 Å². The van der Waals surface area contributed by atoms with Crippen LogP contribution in [0.3, 0.4) is 0 Å². The van der Waals surface area contributed by atoms with Crippen LogP contribution in [-0.2, 0) is 4.74 Å². The lowest BCUT2D eigenvalue weighted by Crippen LogP contribution is -2.21. The summed E-state index contributed by atoms with van der Waals surface area (Å²) in [4.78, 5) is 4.03. The summed E-state index contributed by atoms with van der Waals surface area (Å²) in [7, 11) is 0. The highest BCUT2D eigenvalue weighted by atomic mass is 16.5. The van der Waals surface area contributed by atoms with E-state index in [1.807, 2.05) is 12.4 Å². The van der Waals surface area contributed by atoms with Gasteiger partial charge in [-0.25, -0.2) is 0 Å². The van der Waals surface area contributed by atoms with Gasteiger partial charge in [0.25, 0.3) is 0 Å². The van der Waals surface area contributed by atoms with Crippen LogP contribution in [0.15, 0.2) is 24.5 Å². The van der Waals surface area contributed by atoms with Gasteiger partial charge in [-0.1, -0.05) is 0 Å². The summed E-state index contributed by atoms with van der Waals surface area (Å²) in [6, 6.07) is 4.23. The van der Waals surface area contributed by atoms with Gasteiger partial charge in [0.2, 0.25) is 0 Å². The highest BCUT2D eigenvalue weighted by Crippen LogP contribution is 2.29. The molecule has 0 radical (unpaired) electrons. The fraction of sp³-hybridized carbons (Fsp3) is 0.545. The van der Waals surface area contributed by atoms with E-state index in [4.69, 9.17) is 4.74 Å². The van der Waals surface area contributed by atoms with Gasteiger partial charge in [0.1, 0.15) is 0 Å². The number of pyridine rings is 1. The third-order valence-corrected chi connectivity index (χ3v) is 2.66. The second-order valence-corrected chi connectivity index (χ2v) is 3.68. The molecule has 1 aliphatic rings. The minimum atomic E-state index is 0.409. The van der Waals surface area contributed by atoms with Crippen molar-refractivity contribution in [2.24, 2.45) is 0 Å². The van der Waals surface area contributed by atoms with Gasteiger partial charge in [0.15, 0.2) is 0 Å². The lowest BCUT2D eigenvalue weighted by molar-refractivity contribution is 0.0186. The van der Waals surface area contributed by atoms with Crippen molar-refractivity contribution in [2.45, 2.75) is 31.8 Å². The number of hydrogen-bond acceptors (Lipinski definition) is 2. The maximum Gasteiger partial charge on any atom is 0.0552 e. The van der Waals surface area contributed by atoms with E-state index < -0.39 is 0 Å². The molecule has 0 amide bonds. The molecule has 0 bridgehead atoms. The van der Waals surface area contributed by atoms with Crippen LogP contribution < -0.4 is 0 Å². The Hall–Kier alpha value is -0.890. The molecule has 13 heavy (non-hydrogen) atoms. The van der Waals surface area contributed by atoms with Gasteiger partial charge in [-0.2, -0.15) is 0 Å². The van der Waals surface area contributed by atoms with Crippen molar-refractivity contribution >= 4 is 0 Å². The predicted molar refractivity (Wildman–Crippen MR) is 51.6 cm³/mol. The first-order valence-corrected chi connectivity index (χ1v) is 4.88. The number of rotatable bonds is 1. The van der Waals surface area contributed by atoms with Crippen LogP contribution in [0, 0.1) is 0 Å². The number of ether oxygens (including phenoxy) is 1. The van der Waals surface area contributed by atoms with E-state index in [0.717, 1.165) is 19.4 Å². The van der Waals surface area contributed by atoms with Crippen molar-refractivity contribution in [1.29, 1.82) is 0 Å². The van der Waals surface area contributed by atoms with Gasteiger partial charge in [0.05, 0.1) is 6.10 Å². The minimum absolute atomic E-state index is 0.409. The molecule has 2 heterocycles. The zero-order chi connectivity index (χ0) is 9.10. The molecule has 2 rings (SSSR count). The number of hydrogen-bond donors (Lipinski definition) is 0. The van der Waals surface area contributed by atoms with E-state index in [1.54, 1.807) is 0 Å². The molecule has 0 N–H and O–H groups in total. The van der Waals surface area contributed by atoms with Crippen molar-refractivity contribution in [2.75, 3.05) is 6.61 Å². The molecular formula is C11H15NO. The molecule has 0 aliphatic carbocycles. The maximum absolute atomic E-state index is 5.51. The van der Waals surface area contributed by atoms with Gasteiger partial charge in [-0.15, -0.1) is 0 Å². The molecule has 1 fully saturated rings. The Morgan fingerprint density at radius 3 is 2.85 bits per heavy atom. The topological polar surface area (TPSA) is 22.1 Å². The first-order valence-electron chi connectivity index (χ1n) is 4.88. The van der Waals surface area contributed by atoms with Gasteiger partial charge < -0.3 is 4.74 Å². The summed E-state index contributed by atoms with van der Waals surface area (Å²) in [6.07, 6.45) is 6.44. The van der Waals surface area contributed by atoms with E-state index in [-0.39, 0.29) is 0 Å². The van der Waals surface area contributed by atoms with Crippen molar-refractivity contribution in [3.05, 3.63) is 30.1 Å². The molecule has 2 nitrogen and oxygen atoms in total. The van der Waals surface area contributed by atoms with Crippen LogP contribution in [0.2, 0.25) is 0 Å². The van der Waals surface area contributed by atoms with E-state index in [0.29, 0.717) is 12.0 Å². The molecule has 0 unspecified atom stereocenters.